The first-order valence-electron chi connectivity index (χ1n) is 11.4. The maximum Gasteiger partial charge on any atom is 0.242 e. The first kappa shape index (κ1) is 20.3. The third-order valence-electron chi connectivity index (χ3n) is 6.95. The van der Waals surface area contributed by atoms with Crippen LogP contribution in [0.4, 0.5) is 20.5 Å². The van der Waals surface area contributed by atoms with Gasteiger partial charge < -0.3 is 15.0 Å². The van der Waals surface area contributed by atoms with Crippen LogP contribution in [-0.2, 0) is 6.54 Å². The highest BCUT2D eigenvalue weighted by atomic mass is 19.1. The van der Waals surface area contributed by atoms with E-state index in [0.29, 0.717) is 42.6 Å². The molecule has 1 N–H and O–H groups in total. The van der Waals surface area contributed by atoms with Gasteiger partial charge in [-0.25, -0.2) is 23.4 Å². The van der Waals surface area contributed by atoms with Crippen LogP contribution in [0, 0.1) is 30.4 Å². The summed E-state index contributed by atoms with van der Waals surface area (Å²) in [6.45, 7) is 4.52. The van der Waals surface area contributed by atoms with Gasteiger partial charge in [0.1, 0.15) is 29.5 Å². The van der Waals surface area contributed by atoms with E-state index < -0.39 is 11.6 Å². The van der Waals surface area contributed by atoms with Gasteiger partial charge in [-0.3, -0.25) is 0 Å². The van der Waals surface area contributed by atoms with Crippen molar-refractivity contribution in [2.45, 2.75) is 44.9 Å². The second-order valence-electron chi connectivity index (χ2n) is 9.21. The first-order valence-corrected chi connectivity index (χ1v) is 11.4. The summed E-state index contributed by atoms with van der Waals surface area (Å²) < 4.78 is 34.7. The molecule has 1 saturated heterocycles. The highest BCUT2D eigenvalue weighted by molar-refractivity contribution is 5.41. The highest BCUT2D eigenvalue weighted by Crippen LogP contribution is 2.40. The van der Waals surface area contributed by atoms with Gasteiger partial charge in [-0.15, -0.1) is 5.10 Å². The molecule has 0 unspecified atom stereocenters. The van der Waals surface area contributed by atoms with Crippen LogP contribution in [-0.4, -0.2) is 43.9 Å². The lowest BCUT2D eigenvalue weighted by Crippen LogP contribution is -2.48. The number of anilines is 2. The summed E-state index contributed by atoms with van der Waals surface area (Å²) in [5.41, 5.74) is 0.974. The Kier molecular flexibility index (Phi) is 4.88. The lowest BCUT2D eigenvalue weighted by atomic mass is 9.92. The average Bonchev–Trinajstić information content (AvgIpc) is 3.39. The summed E-state index contributed by atoms with van der Waals surface area (Å²) >= 11 is 0. The monoisotopic (exact) mass is 453 g/mol. The molecule has 1 aliphatic carbocycles. The van der Waals surface area contributed by atoms with Crippen LogP contribution in [0.2, 0.25) is 0 Å². The van der Waals surface area contributed by atoms with Gasteiger partial charge in [0.15, 0.2) is 11.9 Å². The zero-order chi connectivity index (χ0) is 22.5. The second-order valence-corrected chi connectivity index (χ2v) is 9.21. The third kappa shape index (κ3) is 3.87. The average molecular weight is 453 g/mol. The van der Waals surface area contributed by atoms with Gasteiger partial charge in [0.25, 0.3) is 0 Å². The molecule has 10 heteroatoms. The number of benzene rings is 1. The Balaban J connectivity index is 1.15. The van der Waals surface area contributed by atoms with Crippen LogP contribution in [0.25, 0.3) is 0 Å². The summed E-state index contributed by atoms with van der Waals surface area (Å²) in [5.74, 6) is 2.08. The third-order valence-corrected chi connectivity index (χ3v) is 6.95. The van der Waals surface area contributed by atoms with Crippen molar-refractivity contribution >= 4 is 11.8 Å². The minimum absolute atomic E-state index is 0.161. The maximum atomic E-state index is 13.5. The van der Waals surface area contributed by atoms with E-state index in [0.717, 1.165) is 43.5 Å². The van der Waals surface area contributed by atoms with E-state index in [2.05, 4.69) is 30.3 Å². The molecular formula is C23H25F2N7O. The maximum absolute atomic E-state index is 13.5. The molecule has 0 amide bonds. The largest absolute Gasteiger partial charge is 0.482 e. The van der Waals surface area contributed by atoms with Crippen LogP contribution in [0.1, 0.15) is 36.9 Å². The van der Waals surface area contributed by atoms with Crippen LogP contribution in [0.15, 0.2) is 30.6 Å². The zero-order valence-corrected chi connectivity index (χ0v) is 18.3. The quantitative estimate of drug-likeness (QED) is 0.633. The van der Waals surface area contributed by atoms with Crippen LogP contribution in [0.3, 0.4) is 0 Å². The van der Waals surface area contributed by atoms with Crippen molar-refractivity contribution in [3.05, 3.63) is 53.7 Å². The van der Waals surface area contributed by atoms with Gasteiger partial charge in [-0.1, -0.05) is 0 Å². The van der Waals surface area contributed by atoms with E-state index in [4.69, 9.17) is 4.74 Å². The number of fused-ring (bicyclic) bond motifs is 3. The van der Waals surface area contributed by atoms with Gasteiger partial charge in [0.05, 0.1) is 0 Å². The van der Waals surface area contributed by atoms with E-state index in [9.17, 15) is 8.78 Å². The Hall–Kier alpha value is -3.30. The van der Waals surface area contributed by atoms with E-state index in [1.807, 2.05) is 17.7 Å². The fraction of sp³-hybridized carbons (Fsp3) is 0.478. The summed E-state index contributed by atoms with van der Waals surface area (Å²) in [6.07, 6.45) is 4.23. The molecule has 3 aromatic rings. The molecule has 2 aliphatic heterocycles. The molecule has 0 spiro atoms. The van der Waals surface area contributed by atoms with Crippen molar-refractivity contribution in [2.24, 2.45) is 11.8 Å². The van der Waals surface area contributed by atoms with Crippen molar-refractivity contribution in [3.8, 4) is 5.75 Å². The molecule has 4 atom stereocenters. The zero-order valence-electron chi connectivity index (χ0n) is 18.3. The molecule has 8 nitrogen and oxygen atoms in total. The van der Waals surface area contributed by atoms with E-state index in [1.54, 1.807) is 6.33 Å². The number of nitrogens with zero attached hydrogens (tertiary/aromatic N) is 6. The van der Waals surface area contributed by atoms with Gasteiger partial charge in [0, 0.05) is 62.1 Å². The molecule has 6 rings (SSSR count). The molecule has 4 heterocycles. The second kappa shape index (κ2) is 7.93. The fourth-order valence-electron chi connectivity index (χ4n) is 5.47. The minimum atomic E-state index is -0.661. The molecule has 0 radical (unpaired) electrons. The normalized spacial score (nSPS) is 25.8. The van der Waals surface area contributed by atoms with Crippen LogP contribution in [0.5, 0.6) is 5.75 Å². The molecule has 3 aliphatic rings. The SMILES string of the molecule is Cc1cc(N2C[C@H]3CC[C@@H](C2)[C@@H]3Nc2nc3n(n2)CC[C@@H]3Oc2cc(F)cc(F)c2)ncn1. The van der Waals surface area contributed by atoms with Crippen molar-refractivity contribution in [1.29, 1.82) is 0 Å². The number of nitrogens with one attached hydrogen (secondary N) is 1. The summed E-state index contributed by atoms with van der Waals surface area (Å²) in [4.78, 5) is 15.7. The van der Waals surface area contributed by atoms with Gasteiger partial charge in [0.2, 0.25) is 5.95 Å². The highest BCUT2D eigenvalue weighted by Gasteiger charge is 2.43. The number of aryl methyl sites for hydroxylation is 2. The molecule has 1 saturated carbocycles. The Labute approximate surface area is 190 Å². The van der Waals surface area contributed by atoms with Crippen molar-refractivity contribution in [1.82, 2.24) is 24.7 Å². The van der Waals surface area contributed by atoms with Gasteiger partial charge in [-0.2, -0.15) is 4.98 Å². The molecule has 2 bridgehead atoms. The summed E-state index contributed by atoms with van der Waals surface area (Å²) in [7, 11) is 0. The molecule has 2 aromatic heterocycles. The van der Waals surface area contributed by atoms with Gasteiger partial charge >= 0.3 is 0 Å². The number of hydrogen-bond acceptors (Lipinski definition) is 7. The Morgan fingerprint density at radius 2 is 1.76 bits per heavy atom. The fourth-order valence-corrected chi connectivity index (χ4v) is 5.47. The lowest BCUT2D eigenvalue weighted by Gasteiger charge is -2.38. The standard InChI is InChI=1S/C23H25F2N7O/c1-13-6-20(27-12-26-13)31-10-14-2-3-15(11-31)21(14)28-23-29-22-19(4-5-32(22)30-23)33-18-8-16(24)7-17(25)9-18/h6-9,12,14-15,19,21H,2-5,10-11H2,1H3,(H,28,30)/t14-,15+,19-,21-/m0/s1. The van der Waals surface area contributed by atoms with Crippen molar-refractivity contribution < 1.29 is 13.5 Å². The summed E-state index contributed by atoms with van der Waals surface area (Å²) in [6, 6.07) is 5.55. The summed E-state index contributed by atoms with van der Waals surface area (Å²) in [5, 5.41) is 8.21. The van der Waals surface area contributed by atoms with Crippen molar-refractivity contribution in [3.63, 3.8) is 0 Å². The molecule has 2 fully saturated rings. The molecule has 1 aromatic carbocycles. The van der Waals surface area contributed by atoms with Crippen LogP contribution < -0.4 is 15.0 Å². The smallest absolute Gasteiger partial charge is 0.242 e. The number of halogens is 2. The van der Waals surface area contributed by atoms with E-state index in [-0.39, 0.29) is 11.9 Å². The molecule has 33 heavy (non-hydrogen) atoms. The number of piperidine rings is 1. The number of rotatable bonds is 5. The minimum Gasteiger partial charge on any atom is -0.482 e. The lowest BCUT2D eigenvalue weighted by molar-refractivity contribution is 0.201. The Morgan fingerprint density at radius 1 is 1.00 bits per heavy atom. The number of hydrogen-bond donors (Lipinski definition) is 1. The number of ether oxygens (including phenoxy) is 1. The Bertz CT molecular complexity index is 1150. The first-order chi connectivity index (χ1) is 16.0. The topological polar surface area (TPSA) is 81.0 Å². The molecular weight excluding hydrogens is 428 g/mol. The van der Waals surface area contributed by atoms with Crippen LogP contribution >= 0.6 is 0 Å². The van der Waals surface area contributed by atoms with Crippen molar-refractivity contribution in [2.75, 3.05) is 23.3 Å². The van der Waals surface area contributed by atoms with Gasteiger partial charge in [-0.05, 0) is 31.6 Å². The molecule has 172 valence electrons. The predicted octanol–water partition coefficient (Wildman–Crippen LogP) is 3.51. The van der Waals surface area contributed by atoms with E-state index in [1.165, 1.54) is 12.1 Å². The Morgan fingerprint density at radius 3 is 2.48 bits per heavy atom. The predicted molar refractivity (Wildman–Crippen MR) is 117 cm³/mol. The van der Waals surface area contributed by atoms with E-state index >= 15 is 0 Å². The number of aromatic nitrogens is 5.